The number of hydrogen-bond donors (Lipinski definition) is 0. The van der Waals surface area contributed by atoms with Crippen molar-refractivity contribution in [1.82, 2.24) is 0 Å². The molecular formula is C18H37AlO. The van der Waals surface area contributed by atoms with Gasteiger partial charge in [0.05, 0.1) is 0 Å². The largest absolute Gasteiger partial charge is 0.301 e. The summed E-state index contributed by atoms with van der Waals surface area (Å²) < 4.78 is 0. The molecular weight excluding hydrogens is 259 g/mol. The van der Waals surface area contributed by atoms with Crippen LogP contribution in [0.2, 0.25) is 10.6 Å². The van der Waals surface area contributed by atoms with Crippen molar-refractivity contribution in [2.75, 3.05) is 0 Å². The van der Waals surface area contributed by atoms with E-state index in [-0.39, 0.29) is 15.2 Å². The second kappa shape index (κ2) is 17.3. The molecule has 0 spiro atoms. The number of carbonyl (C=O) groups excluding carboxylic acids is 1. The fourth-order valence-electron chi connectivity index (χ4n) is 2.75. The van der Waals surface area contributed by atoms with E-state index in [0.29, 0.717) is 5.78 Å². The number of hydrogen-bond acceptors (Lipinski definition) is 1. The van der Waals surface area contributed by atoms with Crippen LogP contribution < -0.4 is 0 Å². The zero-order chi connectivity index (χ0) is 14.9. The van der Waals surface area contributed by atoms with Crippen LogP contribution in [-0.2, 0) is 4.79 Å². The van der Waals surface area contributed by atoms with Crippen molar-refractivity contribution in [3.05, 3.63) is 0 Å². The summed E-state index contributed by atoms with van der Waals surface area (Å²) in [5.74, 6) is 0.409. The van der Waals surface area contributed by atoms with E-state index in [1.807, 2.05) is 0 Å². The molecule has 0 aromatic rings. The fraction of sp³-hybridized carbons (Fsp3) is 0.944. The van der Waals surface area contributed by atoms with E-state index in [1.165, 1.54) is 88.8 Å². The van der Waals surface area contributed by atoms with Crippen LogP contribution in [-0.4, -0.2) is 21.0 Å². The second-order valence-electron chi connectivity index (χ2n) is 6.40. The van der Waals surface area contributed by atoms with Crippen LogP contribution in [0.15, 0.2) is 0 Å². The van der Waals surface area contributed by atoms with E-state index < -0.39 is 0 Å². The van der Waals surface area contributed by atoms with Crippen LogP contribution in [0.3, 0.4) is 0 Å². The number of Topliss-reactive ketones (excluding diaryl/α,β-unsaturated/α-hetero) is 1. The highest BCUT2D eigenvalue weighted by Gasteiger charge is 1.98. The molecule has 0 aliphatic heterocycles. The third kappa shape index (κ3) is 18.2. The molecule has 1 nitrogen and oxygen atoms in total. The van der Waals surface area contributed by atoms with Gasteiger partial charge in [0.25, 0.3) is 0 Å². The van der Waals surface area contributed by atoms with Gasteiger partial charge in [-0.2, -0.15) is 0 Å². The predicted molar refractivity (Wildman–Crippen MR) is 93.1 cm³/mol. The Balaban J connectivity index is 2.94. The van der Waals surface area contributed by atoms with Crippen molar-refractivity contribution in [2.45, 2.75) is 108 Å². The maximum atomic E-state index is 10.8. The van der Waals surface area contributed by atoms with Gasteiger partial charge in [-0.25, -0.2) is 0 Å². The Morgan fingerprint density at radius 1 is 0.700 bits per heavy atom. The van der Waals surface area contributed by atoms with Crippen molar-refractivity contribution in [3.8, 4) is 0 Å². The van der Waals surface area contributed by atoms with Crippen molar-refractivity contribution in [1.29, 1.82) is 0 Å². The first kappa shape index (κ1) is 20.2. The smallest absolute Gasteiger partial charge is 0.247 e. The molecule has 0 rings (SSSR count). The molecule has 118 valence electrons. The van der Waals surface area contributed by atoms with Gasteiger partial charge in [0.1, 0.15) is 5.78 Å². The third-order valence-electron chi connectivity index (χ3n) is 4.13. The van der Waals surface area contributed by atoms with Crippen molar-refractivity contribution < 1.29 is 4.79 Å². The van der Waals surface area contributed by atoms with Crippen LogP contribution in [0.25, 0.3) is 0 Å². The van der Waals surface area contributed by atoms with Gasteiger partial charge in [0.2, 0.25) is 15.2 Å². The summed E-state index contributed by atoms with van der Waals surface area (Å²) in [7, 11) is 0. The SMILES string of the molecule is CCCCCCCCCCCCCC[CH2][AlH][CH2]C(C)=O. The van der Waals surface area contributed by atoms with Gasteiger partial charge in [-0.1, -0.05) is 95.7 Å². The molecule has 0 unspecified atom stereocenters. The van der Waals surface area contributed by atoms with Gasteiger partial charge in [0.15, 0.2) is 0 Å². The summed E-state index contributed by atoms with van der Waals surface area (Å²) in [6.07, 6.45) is 18.6. The Morgan fingerprint density at radius 2 is 1.10 bits per heavy atom. The molecule has 0 atom stereocenters. The Labute approximate surface area is 134 Å². The summed E-state index contributed by atoms with van der Waals surface area (Å²) in [6.45, 7) is 4.02. The van der Waals surface area contributed by atoms with Gasteiger partial charge in [-0.3, -0.25) is 0 Å². The summed E-state index contributed by atoms with van der Waals surface area (Å²) in [5.41, 5.74) is 0. The minimum Gasteiger partial charge on any atom is -0.301 e. The summed E-state index contributed by atoms with van der Waals surface area (Å²) >= 11 is -0.0457. The van der Waals surface area contributed by atoms with E-state index in [0.717, 1.165) is 5.28 Å². The lowest BCUT2D eigenvalue weighted by Crippen LogP contribution is -1.96. The molecule has 0 saturated heterocycles. The molecule has 0 bridgehead atoms. The van der Waals surface area contributed by atoms with Gasteiger partial charge < -0.3 is 4.79 Å². The number of unbranched alkanes of at least 4 members (excludes halogenated alkanes) is 12. The molecule has 0 aliphatic carbocycles. The highest BCUT2D eigenvalue weighted by Crippen LogP contribution is 2.13. The van der Waals surface area contributed by atoms with Crippen LogP contribution in [0.1, 0.15) is 97.3 Å². The third-order valence-corrected chi connectivity index (χ3v) is 6.19. The van der Waals surface area contributed by atoms with Crippen LogP contribution >= 0.6 is 0 Å². The highest BCUT2D eigenvalue weighted by atomic mass is 27.1. The summed E-state index contributed by atoms with van der Waals surface area (Å²) in [5, 5.41) is 2.32. The van der Waals surface area contributed by atoms with Gasteiger partial charge in [-0.15, -0.1) is 0 Å². The van der Waals surface area contributed by atoms with E-state index in [4.69, 9.17) is 0 Å². The van der Waals surface area contributed by atoms with Crippen LogP contribution in [0.5, 0.6) is 0 Å². The molecule has 20 heavy (non-hydrogen) atoms. The lowest BCUT2D eigenvalue weighted by molar-refractivity contribution is -0.114. The molecule has 0 amide bonds. The maximum Gasteiger partial charge on any atom is 0.247 e. The number of ketones is 1. The Bertz CT molecular complexity index is 204. The van der Waals surface area contributed by atoms with Crippen molar-refractivity contribution in [2.24, 2.45) is 0 Å². The number of carbonyl (C=O) groups is 1. The fourth-order valence-corrected chi connectivity index (χ4v) is 4.20. The zero-order valence-corrected chi connectivity index (χ0v) is 15.6. The van der Waals surface area contributed by atoms with Gasteiger partial charge in [0, 0.05) is 0 Å². The first-order valence-electron chi connectivity index (χ1n) is 9.26. The highest BCUT2D eigenvalue weighted by molar-refractivity contribution is 6.41. The van der Waals surface area contributed by atoms with E-state index in [2.05, 4.69) is 6.92 Å². The van der Waals surface area contributed by atoms with E-state index >= 15 is 0 Å². The Morgan fingerprint density at radius 3 is 1.50 bits per heavy atom. The van der Waals surface area contributed by atoms with E-state index in [9.17, 15) is 4.79 Å². The Hall–Kier alpha value is 0.202. The molecule has 0 fully saturated rings. The molecule has 0 aromatic carbocycles. The maximum absolute atomic E-state index is 10.8. The molecule has 0 aliphatic rings. The molecule has 2 heteroatoms. The van der Waals surface area contributed by atoms with Crippen molar-refractivity contribution in [3.63, 3.8) is 0 Å². The predicted octanol–water partition coefficient (Wildman–Crippen LogP) is 5.94. The zero-order valence-electron chi connectivity index (χ0n) is 14.2. The van der Waals surface area contributed by atoms with Gasteiger partial charge >= 0.3 is 0 Å². The summed E-state index contributed by atoms with van der Waals surface area (Å²) in [6, 6.07) is 0. The van der Waals surface area contributed by atoms with Gasteiger partial charge in [-0.05, 0) is 12.2 Å². The molecule has 0 aromatic heterocycles. The second-order valence-corrected chi connectivity index (χ2v) is 8.32. The molecule has 0 heterocycles. The first-order chi connectivity index (χ1) is 9.77. The van der Waals surface area contributed by atoms with Crippen LogP contribution in [0.4, 0.5) is 0 Å². The standard InChI is InChI=1S/C15H31.C3H5O.Al.H/c1-3-5-7-9-11-13-15-14-12-10-8-6-4-2;1-3(2)4;;/h1,3-15H2,2H3;1H2,2H3;;. The number of rotatable bonds is 16. The average molecular weight is 296 g/mol. The topological polar surface area (TPSA) is 17.1 Å². The lowest BCUT2D eigenvalue weighted by atomic mass is 10.1. The average Bonchev–Trinajstić information content (AvgIpc) is 2.43. The molecule has 0 N–H and O–H groups in total. The van der Waals surface area contributed by atoms with E-state index in [1.54, 1.807) is 6.92 Å². The lowest BCUT2D eigenvalue weighted by Gasteiger charge is -2.02. The summed E-state index contributed by atoms with van der Waals surface area (Å²) in [4.78, 5) is 10.8. The first-order valence-corrected chi connectivity index (χ1v) is 11.3. The Kier molecular flexibility index (Phi) is 17.4. The minimum atomic E-state index is -0.0457. The quantitative estimate of drug-likeness (QED) is 0.254. The monoisotopic (exact) mass is 296 g/mol. The molecule has 0 radical (unpaired) electrons. The van der Waals surface area contributed by atoms with Crippen LogP contribution in [0, 0.1) is 0 Å². The minimum absolute atomic E-state index is 0.0457. The molecule has 0 saturated carbocycles. The normalized spacial score (nSPS) is 10.7. The van der Waals surface area contributed by atoms with Crippen molar-refractivity contribution >= 4 is 21.0 Å².